The standard InChI is InChI=1S/C18H22FN5O/c1-10-8-13(9-11(2)16(10)19)24-17(23-7-6-21-18(23)25)15-12(3)20-5-4-14(15)22-24/h6-9,12,14,20,22H,4-5H2,1-3H3,(H,21,25)/t12-,14?/m0/s1. The average Bonchev–Trinajstić information content (AvgIpc) is 3.16. The Morgan fingerprint density at radius 3 is 2.60 bits per heavy atom. The summed E-state index contributed by atoms with van der Waals surface area (Å²) in [5.74, 6) is 0.602. The summed E-state index contributed by atoms with van der Waals surface area (Å²) in [4.78, 5) is 15.0. The van der Waals surface area contributed by atoms with Gasteiger partial charge in [0.1, 0.15) is 11.6 Å². The highest BCUT2D eigenvalue weighted by Crippen LogP contribution is 2.35. The maximum absolute atomic E-state index is 14.1. The van der Waals surface area contributed by atoms with Crippen molar-refractivity contribution in [1.82, 2.24) is 20.3 Å². The number of imidazole rings is 1. The fraction of sp³-hybridized carbons (Fsp3) is 0.389. The van der Waals surface area contributed by atoms with E-state index >= 15 is 0 Å². The first-order valence-electron chi connectivity index (χ1n) is 8.54. The van der Waals surface area contributed by atoms with E-state index < -0.39 is 0 Å². The van der Waals surface area contributed by atoms with Crippen LogP contribution in [-0.4, -0.2) is 28.2 Å². The summed E-state index contributed by atoms with van der Waals surface area (Å²) in [7, 11) is 0. The van der Waals surface area contributed by atoms with Gasteiger partial charge in [0.05, 0.1) is 11.7 Å². The molecule has 1 unspecified atom stereocenters. The van der Waals surface area contributed by atoms with E-state index in [0.717, 1.165) is 30.0 Å². The zero-order chi connectivity index (χ0) is 17.7. The van der Waals surface area contributed by atoms with Gasteiger partial charge in [0.2, 0.25) is 0 Å². The van der Waals surface area contributed by atoms with Crippen LogP contribution in [0.25, 0.3) is 5.82 Å². The second-order valence-electron chi connectivity index (χ2n) is 6.79. The minimum atomic E-state index is -0.191. The first kappa shape index (κ1) is 16.1. The highest BCUT2D eigenvalue weighted by molar-refractivity contribution is 5.75. The molecule has 2 atom stereocenters. The van der Waals surface area contributed by atoms with Crippen molar-refractivity contribution < 1.29 is 4.39 Å². The van der Waals surface area contributed by atoms with Crippen LogP contribution < -0.4 is 21.4 Å². The highest BCUT2D eigenvalue weighted by atomic mass is 19.1. The number of rotatable bonds is 2. The minimum absolute atomic E-state index is 0.149. The van der Waals surface area contributed by atoms with Crippen molar-refractivity contribution in [1.29, 1.82) is 0 Å². The van der Waals surface area contributed by atoms with Crippen LogP contribution in [0.3, 0.4) is 0 Å². The van der Waals surface area contributed by atoms with Gasteiger partial charge < -0.3 is 10.3 Å². The van der Waals surface area contributed by atoms with E-state index in [4.69, 9.17) is 0 Å². The van der Waals surface area contributed by atoms with E-state index in [1.165, 1.54) is 0 Å². The van der Waals surface area contributed by atoms with Crippen molar-refractivity contribution in [2.24, 2.45) is 0 Å². The number of halogens is 1. The Morgan fingerprint density at radius 1 is 1.24 bits per heavy atom. The smallest absolute Gasteiger partial charge is 0.312 e. The van der Waals surface area contributed by atoms with Crippen LogP contribution in [0.5, 0.6) is 0 Å². The zero-order valence-electron chi connectivity index (χ0n) is 14.6. The van der Waals surface area contributed by atoms with Crippen LogP contribution in [-0.2, 0) is 0 Å². The van der Waals surface area contributed by atoms with Crippen molar-refractivity contribution in [3.63, 3.8) is 0 Å². The van der Waals surface area contributed by atoms with Crippen LogP contribution in [0.15, 0.2) is 34.9 Å². The third-order valence-corrected chi connectivity index (χ3v) is 5.04. The van der Waals surface area contributed by atoms with Gasteiger partial charge in [-0.05, 0) is 57.0 Å². The van der Waals surface area contributed by atoms with Crippen molar-refractivity contribution in [3.8, 4) is 0 Å². The molecule has 1 aromatic carbocycles. The number of H-pyrrole nitrogens is 1. The summed E-state index contributed by atoms with van der Waals surface area (Å²) in [6, 6.07) is 3.92. The Kier molecular flexibility index (Phi) is 3.77. The summed E-state index contributed by atoms with van der Waals surface area (Å²) < 4.78 is 15.7. The van der Waals surface area contributed by atoms with Crippen LogP contribution >= 0.6 is 0 Å². The quantitative estimate of drug-likeness (QED) is 0.779. The molecule has 1 fully saturated rings. The monoisotopic (exact) mass is 343 g/mol. The topological polar surface area (TPSA) is 65.1 Å². The summed E-state index contributed by atoms with van der Waals surface area (Å²) in [6.45, 7) is 6.53. The Bertz CT molecular complexity index is 889. The maximum Gasteiger partial charge on any atom is 0.331 e. The fourth-order valence-corrected chi connectivity index (χ4v) is 3.82. The first-order valence-corrected chi connectivity index (χ1v) is 8.54. The van der Waals surface area contributed by atoms with E-state index in [9.17, 15) is 9.18 Å². The number of aromatic amines is 1. The fourth-order valence-electron chi connectivity index (χ4n) is 3.82. The molecule has 4 rings (SSSR count). The lowest BCUT2D eigenvalue weighted by molar-refractivity contribution is 0.444. The van der Waals surface area contributed by atoms with Gasteiger partial charge in [0.25, 0.3) is 0 Å². The third-order valence-electron chi connectivity index (χ3n) is 5.04. The molecule has 0 radical (unpaired) electrons. The van der Waals surface area contributed by atoms with E-state index in [2.05, 4.69) is 22.7 Å². The molecule has 1 aromatic heterocycles. The molecule has 2 aliphatic rings. The molecule has 0 spiro atoms. The average molecular weight is 343 g/mol. The molecular formula is C18H22FN5O. The molecule has 132 valence electrons. The van der Waals surface area contributed by atoms with Crippen molar-refractivity contribution in [2.45, 2.75) is 39.3 Å². The normalized spacial score (nSPS) is 23.3. The number of nitrogens with one attached hydrogen (secondary N) is 3. The van der Waals surface area contributed by atoms with E-state index in [1.807, 2.05) is 17.1 Å². The second-order valence-corrected chi connectivity index (χ2v) is 6.79. The number of piperidine rings is 1. The van der Waals surface area contributed by atoms with Gasteiger partial charge in [-0.25, -0.2) is 14.6 Å². The summed E-state index contributed by atoms with van der Waals surface area (Å²) >= 11 is 0. The molecule has 0 bridgehead atoms. The number of benzene rings is 1. The number of nitrogens with zero attached hydrogens (tertiary/aromatic N) is 2. The Hall–Kier alpha value is -2.38. The van der Waals surface area contributed by atoms with Crippen LogP contribution in [0.1, 0.15) is 24.5 Å². The minimum Gasteiger partial charge on any atom is -0.312 e. The summed E-state index contributed by atoms with van der Waals surface area (Å²) in [6.07, 6.45) is 4.29. The number of aromatic nitrogens is 2. The van der Waals surface area contributed by atoms with E-state index in [0.29, 0.717) is 11.1 Å². The van der Waals surface area contributed by atoms with Crippen LogP contribution in [0.4, 0.5) is 10.1 Å². The van der Waals surface area contributed by atoms with Gasteiger partial charge >= 0.3 is 5.69 Å². The molecule has 0 aliphatic carbocycles. The molecule has 3 heterocycles. The molecule has 6 nitrogen and oxygen atoms in total. The molecule has 0 saturated carbocycles. The van der Waals surface area contributed by atoms with Gasteiger partial charge in [-0.15, -0.1) is 0 Å². The van der Waals surface area contributed by atoms with Gasteiger partial charge in [0.15, 0.2) is 0 Å². The summed E-state index contributed by atoms with van der Waals surface area (Å²) in [5.41, 5.74) is 6.46. The van der Waals surface area contributed by atoms with Gasteiger partial charge in [-0.2, -0.15) is 0 Å². The van der Waals surface area contributed by atoms with E-state index in [1.54, 1.807) is 30.8 Å². The van der Waals surface area contributed by atoms with Crippen molar-refractivity contribution in [2.75, 3.05) is 11.6 Å². The Labute approximate surface area is 145 Å². The molecule has 3 N–H and O–H groups in total. The zero-order valence-corrected chi connectivity index (χ0v) is 14.6. The van der Waals surface area contributed by atoms with Crippen LogP contribution in [0, 0.1) is 19.7 Å². The molecule has 1 saturated heterocycles. The number of hydrazine groups is 1. The lowest BCUT2D eigenvalue weighted by Gasteiger charge is -2.27. The number of aryl methyl sites for hydroxylation is 2. The van der Waals surface area contributed by atoms with E-state index in [-0.39, 0.29) is 23.6 Å². The van der Waals surface area contributed by atoms with Crippen molar-refractivity contribution in [3.05, 3.63) is 57.5 Å². The van der Waals surface area contributed by atoms with Gasteiger partial charge in [0, 0.05) is 24.0 Å². The number of hydrogen-bond acceptors (Lipinski definition) is 4. The van der Waals surface area contributed by atoms with Gasteiger partial charge in [-0.1, -0.05) is 0 Å². The molecule has 0 amide bonds. The van der Waals surface area contributed by atoms with Crippen molar-refractivity contribution >= 4 is 11.5 Å². The Morgan fingerprint density at radius 2 is 1.96 bits per heavy atom. The number of fused-ring (bicyclic) bond motifs is 1. The van der Waals surface area contributed by atoms with Gasteiger partial charge in [-0.3, -0.25) is 9.58 Å². The SMILES string of the molecule is Cc1cc(N2NC3CCN[C@@H](C)C3=C2n2cc[nH]c2=O)cc(C)c1F. The largest absolute Gasteiger partial charge is 0.331 e. The third kappa shape index (κ3) is 2.51. The molecule has 2 aromatic rings. The maximum atomic E-state index is 14.1. The Balaban J connectivity index is 1.91. The summed E-state index contributed by atoms with van der Waals surface area (Å²) in [5, 5.41) is 5.37. The second kappa shape index (κ2) is 5.86. The number of anilines is 1. The predicted molar refractivity (Wildman–Crippen MR) is 95.6 cm³/mol. The van der Waals surface area contributed by atoms with Crippen LogP contribution in [0.2, 0.25) is 0 Å². The lowest BCUT2D eigenvalue weighted by atomic mass is 9.95. The first-order chi connectivity index (χ1) is 12.0. The molecular weight excluding hydrogens is 321 g/mol. The molecule has 2 aliphatic heterocycles. The highest BCUT2D eigenvalue weighted by Gasteiger charge is 2.38. The number of hydrogen-bond donors (Lipinski definition) is 3. The molecule has 7 heteroatoms. The lowest BCUT2D eigenvalue weighted by Crippen LogP contribution is -2.46. The molecule has 25 heavy (non-hydrogen) atoms. The predicted octanol–water partition coefficient (Wildman–Crippen LogP) is 1.88.